The van der Waals surface area contributed by atoms with Crippen molar-refractivity contribution in [1.82, 2.24) is 0 Å². The summed E-state index contributed by atoms with van der Waals surface area (Å²) in [5.74, 6) is 1.91. The molecule has 1 aliphatic heterocycles. The topological polar surface area (TPSA) is 110 Å². The Morgan fingerprint density at radius 2 is 1.49 bits per heavy atom. The fourth-order valence-corrected chi connectivity index (χ4v) is 10.3. The zero-order valence-electron chi connectivity index (χ0n) is 22.4. The average Bonchev–Trinajstić information content (AvgIpc) is 3.15. The van der Waals surface area contributed by atoms with Crippen LogP contribution in [0.15, 0.2) is 0 Å². The van der Waals surface area contributed by atoms with Gasteiger partial charge in [-0.1, -0.05) is 34.6 Å². The number of rotatable bonds is 3. The van der Waals surface area contributed by atoms with E-state index in [0.717, 1.165) is 38.5 Å². The molecule has 7 unspecified atom stereocenters. The van der Waals surface area contributed by atoms with Gasteiger partial charge in [0.2, 0.25) is 0 Å². The summed E-state index contributed by atoms with van der Waals surface area (Å²) in [7, 11) is 0. The molecule has 5 aliphatic rings. The Morgan fingerprint density at radius 3 is 2.17 bits per heavy atom. The Balaban J connectivity index is 1.40. The maximum absolute atomic E-state index is 11.5. The van der Waals surface area contributed by atoms with Crippen LogP contribution in [0.25, 0.3) is 0 Å². The van der Waals surface area contributed by atoms with E-state index in [1.807, 2.05) is 0 Å². The summed E-state index contributed by atoms with van der Waals surface area (Å²) in [4.78, 5) is 0. The number of aliphatic hydroxyl groups excluding tert-OH is 5. The summed E-state index contributed by atoms with van der Waals surface area (Å²) in [6.07, 6.45) is 3.00. The monoisotopic (exact) mass is 494 g/mol. The fraction of sp³-hybridized carbons (Fsp3) is 1.00. The molecule has 5 N–H and O–H groups in total. The number of hydrogen-bond donors (Lipinski definition) is 5. The zero-order valence-corrected chi connectivity index (χ0v) is 22.4. The van der Waals surface area contributed by atoms with Gasteiger partial charge < -0.3 is 30.3 Å². The predicted molar refractivity (Wildman–Crippen MR) is 133 cm³/mol. The maximum atomic E-state index is 11.5. The lowest BCUT2D eigenvalue weighted by molar-refractivity contribution is -0.253. The van der Waals surface area contributed by atoms with Crippen molar-refractivity contribution in [2.45, 2.75) is 123 Å². The van der Waals surface area contributed by atoms with Gasteiger partial charge in [0.1, 0.15) is 0 Å². The van der Waals surface area contributed by atoms with E-state index in [4.69, 9.17) is 4.74 Å². The maximum Gasteiger partial charge on any atom is 0.155 e. The van der Waals surface area contributed by atoms with Crippen LogP contribution in [0.4, 0.5) is 0 Å². The number of aliphatic hydroxyl groups is 5. The molecule has 35 heavy (non-hydrogen) atoms. The second-order valence-electron chi connectivity index (χ2n) is 14.1. The standard InChI is InChI=1S/C29H50O6/c1-14(2)16-10-22(35-24(32)11-16)15(3)18-6-7-19-25-20(8-9-28(18,19)4)29(5)21(26(33)27(25)34)12-17(30)13-23(29)31/h14-27,30-34H,6-13H2,1-5H3/t15-,16-,17?,18+,19-,20-,21?,22?,23?,24?,25-,26?,27?,28+,29+/m0/s1. The minimum atomic E-state index is -0.909. The molecule has 0 aromatic heterocycles. The van der Waals surface area contributed by atoms with E-state index in [-0.39, 0.29) is 29.3 Å². The highest BCUT2D eigenvalue weighted by molar-refractivity contribution is 5.16. The first-order chi connectivity index (χ1) is 16.4. The third-order valence-electron chi connectivity index (χ3n) is 12.4. The summed E-state index contributed by atoms with van der Waals surface area (Å²) in [6, 6.07) is 0. The normalized spacial score (nSPS) is 57.3. The van der Waals surface area contributed by atoms with Crippen molar-refractivity contribution >= 4 is 0 Å². The molecule has 6 heteroatoms. The lowest BCUT2D eigenvalue weighted by atomic mass is 9.42. The minimum absolute atomic E-state index is 0.0339. The van der Waals surface area contributed by atoms with Gasteiger partial charge in [0.25, 0.3) is 0 Å². The minimum Gasteiger partial charge on any atom is -0.393 e. The molecule has 5 fully saturated rings. The SMILES string of the molecule is CC(C)[C@@H]1CC(O)OC([C@@H](C)[C@H]2CC[C@H]3[C@@H]4C(O)C(O)C5CC(O)CC(O)[C@]5(C)[C@H]4CC[C@]23C)C1. The van der Waals surface area contributed by atoms with Gasteiger partial charge in [-0.3, -0.25) is 0 Å². The molecule has 15 atom stereocenters. The van der Waals surface area contributed by atoms with Gasteiger partial charge in [-0.25, -0.2) is 0 Å². The molecule has 6 nitrogen and oxygen atoms in total. The van der Waals surface area contributed by atoms with Crippen molar-refractivity contribution in [1.29, 1.82) is 0 Å². The van der Waals surface area contributed by atoms with Crippen molar-refractivity contribution < 1.29 is 30.3 Å². The van der Waals surface area contributed by atoms with Crippen LogP contribution in [-0.2, 0) is 4.74 Å². The number of hydrogen-bond acceptors (Lipinski definition) is 6. The van der Waals surface area contributed by atoms with Gasteiger partial charge in [-0.2, -0.15) is 0 Å². The summed E-state index contributed by atoms with van der Waals surface area (Å²) < 4.78 is 6.13. The van der Waals surface area contributed by atoms with E-state index in [0.29, 0.717) is 42.4 Å². The van der Waals surface area contributed by atoms with Crippen LogP contribution in [-0.4, -0.2) is 62.3 Å². The van der Waals surface area contributed by atoms with E-state index in [9.17, 15) is 25.5 Å². The van der Waals surface area contributed by atoms with Crippen LogP contribution in [0.5, 0.6) is 0 Å². The quantitative estimate of drug-likeness (QED) is 0.412. The Bertz CT molecular complexity index is 774. The summed E-state index contributed by atoms with van der Waals surface area (Å²) in [5, 5.41) is 54.8. The van der Waals surface area contributed by atoms with E-state index in [2.05, 4.69) is 34.6 Å². The molecule has 4 aliphatic carbocycles. The third kappa shape index (κ3) is 3.96. The molecule has 0 bridgehead atoms. The Labute approximate surface area is 211 Å². The molecule has 1 saturated heterocycles. The molecule has 0 amide bonds. The Kier molecular flexibility index (Phi) is 6.93. The molecule has 0 aromatic carbocycles. The first-order valence-corrected chi connectivity index (χ1v) is 14.4. The van der Waals surface area contributed by atoms with Gasteiger partial charge in [0, 0.05) is 11.8 Å². The van der Waals surface area contributed by atoms with E-state index in [1.54, 1.807) is 0 Å². The van der Waals surface area contributed by atoms with Crippen LogP contribution < -0.4 is 0 Å². The number of ether oxygens (including phenoxy) is 1. The van der Waals surface area contributed by atoms with Crippen molar-refractivity contribution in [2.24, 2.45) is 58.2 Å². The van der Waals surface area contributed by atoms with Gasteiger partial charge >= 0.3 is 0 Å². The second-order valence-corrected chi connectivity index (χ2v) is 14.1. The van der Waals surface area contributed by atoms with Crippen molar-refractivity contribution in [3.8, 4) is 0 Å². The van der Waals surface area contributed by atoms with Crippen LogP contribution in [0.2, 0.25) is 0 Å². The van der Waals surface area contributed by atoms with Crippen LogP contribution in [0.1, 0.15) is 86.0 Å². The third-order valence-corrected chi connectivity index (χ3v) is 12.4. The Morgan fingerprint density at radius 1 is 0.771 bits per heavy atom. The van der Waals surface area contributed by atoms with Crippen LogP contribution in [0.3, 0.4) is 0 Å². The lowest BCUT2D eigenvalue weighted by Gasteiger charge is -2.64. The van der Waals surface area contributed by atoms with Gasteiger partial charge in [-0.05, 0) is 97.7 Å². The predicted octanol–water partition coefficient (Wildman–Crippen LogP) is 3.32. The molecular weight excluding hydrogens is 444 g/mol. The Hall–Kier alpha value is -0.240. The fourth-order valence-electron chi connectivity index (χ4n) is 10.3. The molecular formula is C29H50O6. The van der Waals surface area contributed by atoms with Gasteiger partial charge in [0.15, 0.2) is 6.29 Å². The van der Waals surface area contributed by atoms with E-state index < -0.39 is 36.1 Å². The van der Waals surface area contributed by atoms with Crippen molar-refractivity contribution in [3.63, 3.8) is 0 Å². The molecule has 5 rings (SSSR count). The van der Waals surface area contributed by atoms with Gasteiger partial charge in [-0.15, -0.1) is 0 Å². The highest BCUT2D eigenvalue weighted by Crippen LogP contribution is 2.68. The smallest absolute Gasteiger partial charge is 0.155 e. The number of fused-ring (bicyclic) bond motifs is 5. The molecule has 0 radical (unpaired) electrons. The first kappa shape index (κ1) is 26.4. The summed E-state index contributed by atoms with van der Waals surface area (Å²) >= 11 is 0. The van der Waals surface area contributed by atoms with E-state index in [1.165, 1.54) is 0 Å². The zero-order chi connectivity index (χ0) is 25.4. The molecule has 0 spiro atoms. The lowest BCUT2D eigenvalue weighted by Crippen LogP contribution is -2.67. The first-order valence-electron chi connectivity index (χ1n) is 14.4. The summed E-state index contributed by atoms with van der Waals surface area (Å²) in [6.45, 7) is 11.3. The highest BCUT2D eigenvalue weighted by atomic mass is 16.6. The van der Waals surface area contributed by atoms with Crippen molar-refractivity contribution in [3.05, 3.63) is 0 Å². The largest absolute Gasteiger partial charge is 0.393 e. The van der Waals surface area contributed by atoms with Crippen molar-refractivity contribution in [2.75, 3.05) is 0 Å². The molecule has 0 aromatic rings. The summed E-state index contributed by atoms with van der Waals surface area (Å²) in [5.41, 5.74) is -0.433. The van der Waals surface area contributed by atoms with Crippen LogP contribution >= 0.6 is 0 Å². The van der Waals surface area contributed by atoms with Crippen LogP contribution in [0, 0.1) is 58.2 Å². The molecule has 202 valence electrons. The molecule has 4 saturated carbocycles. The van der Waals surface area contributed by atoms with Gasteiger partial charge in [0.05, 0.1) is 30.5 Å². The highest BCUT2D eigenvalue weighted by Gasteiger charge is 2.67. The average molecular weight is 495 g/mol. The molecule has 1 heterocycles. The second kappa shape index (κ2) is 9.20. The van der Waals surface area contributed by atoms with E-state index >= 15 is 0 Å².